The lowest BCUT2D eigenvalue weighted by Crippen LogP contribution is -2.31. The van der Waals surface area contributed by atoms with Crippen molar-refractivity contribution in [2.24, 2.45) is 4.99 Å². The highest BCUT2D eigenvalue weighted by Gasteiger charge is 2.32. The maximum atomic E-state index is 13.2. The van der Waals surface area contributed by atoms with Crippen molar-refractivity contribution in [3.05, 3.63) is 76.9 Å². The Balaban J connectivity index is 1.55. The van der Waals surface area contributed by atoms with Crippen molar-refractivity contribution in [3.8, 4) is 0 Å². The van der Waals surface area contributed by atoms with E-state index >= 15 is 0 Å². The molecule has 1 aromatic heterocycles. The molecule has 0 fully saturated rings. The van der Waals surface area contributed by atoms with Crippen LogP contribution in [0.25, 0.3) is 6.08 Å². The van der Waals surface area contributed by atoms with Crippen molar-refractivity contribution in [1.82, 2.24) is 4.98 Å². The van der Waals surface area contributed by atoms with E-state index in [-0.39, 0.29) is 17.6 Å². The van der Waals surface area contributed by atoms with Crippen LogP contribution in [0, 0.1) is 6.92 Å². The van der Waals surface area contributed by atoms with Crippen molar-refractivity contribution in [1.29, 1.82) is 0 Å². The normalized spacial score (nSPS) is 14.5. The first-order valence-corrected chi connectivity index (χ1v) is 12.1. The number of thioether (sulfide) groups is 1. The molecule has 0 unspecified atom stereocenters. The van der Waals surface area contributed by atoms with E-state index in [1.165, 1.54) is 23.1 Å². The molecular weight excluding hydrogens is 454 g/mol. The van der Waals surface area contributed by atoms with E-state index in [9.17, 15) is 9.59 Å². The first-order chi connectivity index (χ1) is 15.9. The van der Waals surface area contributed by atoms with Crippen LogP contribution in [0.4, 0.5) is 16.5 Å². The van der Waals surface area contributed by atoms with E-state index in [0.717, 1.165) is 16.9 Å². The van der Waals surface area contributed by atoms with Crippen LogP contribution in [-0.4, -0.2) is 41.8 Å². The zero-order valence-electron chi connectivity index (χ0n) is 18.5. The van der Waals surface area contributed by atoms with Gasteiger partial charge in [-0.25, -0.2) is 9.98 Å². The number of rotatable bonds is 6. The summed E-state index contributed by atoms with van der Waals surface area (Å²) in [5, 5.41) is 5.69. The number of thiazole rings is 1. The Labute approximate surface area is 200 Å². The summed E-state index contributed by atoms with van der Waals surface area (Å²) in [7, 11) is 3.96. The van der Waals surface area contributed by atoms with E-state index in [1.807, 2.05) is 85.9 Å². The molecule has 2 amide bonds. The summed E-state index contributed by atoms with van der Waals surface area (Å²) >= 11 is 2.60. The van der Waals surface area contributed by atoms with Gasteiger partial charge in [-0.3, -0.25) is 14.5 Å². The zero-order chi connectivity index (χ0) is 23.4. The average Bonchev–Trinajstić information content (AvgIpc) is 3.35. The fraction of sp³-hybridized carbons (Fsp3) is 0.167. The van der Waals surface area contributed by atoms with Crippen LogP contribution in [0.2, 0.25) is 0 Å². The average molecular weight is 478 g/mol. The number of benzene rings is 2. The summed E-state index contributed by atoms with van der Waals surface area (Å²) in [5.41, 5.74) is 3.84. The van der Waals surface area contributed by atoms with Crippen molar-refractivity contribution in [2.45, 2.75) is 6.92 Å². The topological polar surface area (TPSA) is 77.9 Å². The van der Waals surface area contributed by atoms with E-state index in [2.05, 4.69) is 15.3 Å². The number of carbonyl (C=O) groups is 2. The number of nitrogens with one attached hydrogen (secondary N) is 1. The lowest BCUT2D eigenvalue weighted by atomic mass is 10.1. The predicted molar refractivity (Wildman–Crippen MR) is 138 cm³/mol. The Morgan fingerprint density at radius 3 is 2.52 bits per heavy atom. The van der Waals surface area contributed by atoms with E-state index in [4.69, 9.17) is 0 Å². The molecule has 33 heavy (non-hydrogen) atoms. The monoisotopic (exact) mass is 477 g/mol. The van der Waals surface area contributed by atoms with Gasteiger partial charge in [0, 0.05) is 25.2 Å². The van der Waals surface area contributed by atoms with E-state index < -0.39 is 0 Å². The minimum atomic E-state index is -0.226. The molecule has 2 heterocycles. The number of aromatic nitrogens is 1. The lowest BCUT2D eigenvalue weighted by Gasteiger charge is -2.17. The molecule has 7 nitrogen and oxygen atoms in total. The number of carbonyl (C=O) groups excluding carboxylic acids is 2. The van der Waals surface area contributed by atoms with Gasteiger partial charge in [-0.15, -0.1) is 11.3 Å². The summed E-state index contributed by atoms with van der Waals surface area (Å²) < 4.78 is 0. The van der Waals surface area contributed by atoms with Crippen molar-refractivity contribution < 1.29 is 9.59 Å². The van der Waals surface area contributed by atoms with Gasteiger partial charge in [-0.05, 0) is 42.8 Å². The first-order valence-electron chi connectivity index (χ1n) is 10.2. The number of amides is 2. The van der Waals surface area contributed by atoms with Gasteiger partial charge in [0.1, 0.15) is 5.70 Å². The molecule has 9 heteroatoms. The SMILES string of the molecule is Cc1csc(NC(=O)CSC2=N/C(=C/c3ccc(N(C)C)cc3)C(=O)N2c2ccccc2)n1. The number of nitrogens with zero attached hydrogens (tertiary/aromatic N) is 4. The Kier molecular flexibility index (Phi) is 6.90. The summed E-state index contributed by atoms with van der Waals surface area (Å²) in [6.45, 7) is 1.87. The Morgan fingerprint density at radius 1 is 1.15 bits per heavy atom. The largest absolute Gasteiger partial charge is 0.378 e. The molecule has 0 aliphatic carbocycles. The van der Waals surface area contributed by atoms with Crippen LogP contribution in [0.5, 0.6) is 0 Å². The molecule has 0 spiro atoms. The molecule has 4 rings (SSSR count). The Morgan fingerprint density at radius 2 is 1.88 bits per heavy atom. The van der Waals surface area contributed by atoms with Gasteiger partial charge in [0.2, 0.25) is 5.91 Å². The van der Waals surface area contributed by atoms with Crippen molar-refractivity contribution >= 4 is 62.7 Å². The molecule has 0 radical (unpaired) electrons. The predicted octanol–water partition coefficient (Wildman–Crippen LogP) is 4.63. The number of amidine groups is 1. The third kappa shape index (κ3) is 5.50. The van der Waals surface area contributed by atoms with Gasteiger partial charge >= 0.3 is 0 Å². The number of aliphatic imine (C=N–C) groups is 1. The van der Waals surface area contributed by atoms with E-state index in [1.54, 1.807) is 11.0 Å². The molecule has 1 N–H and O–H groups in total. The molecule has 1 aliphatic rings. The second-order valence-corrected chi connectivity index (χ2v) is 9.32. The Bertz CT molecular complexity index is 1220. The van der Waals surface area contributed by atoms with Gasteiger partial charge in [-0.1, -0.05) is 42.1 Å². The molecule has 0 atom stereocenters. The zero-order valence-corrected chi connectivity index (χ0v) is 20.1. The third-order valence-corrected chi connectivity index (χ3v) is 6.57. The molecule has 0 saturated carbocycles. The molecule has 1 aliphatic heterocycles. The van der Waals surface area contributed by atoms with Crippen LogP contribution >= 0.6 is 23.1 Å². The number of para-hydroxylation sites is 1. The standard InChI is InChI=1S/C24H23N5O2S2/c1-16-14-32-23(25-16)27-21(30)15-33-24-26-20(13-17-9-11-18(12-10-17)28(2)3)22(31)29(24)19-7-5-4-6-8-19/h4-14H,15H2,1-3H3,(H,25,27,30)/b20-13+. The van der Waals surface area contributed by atoms with Crippen LogP contribution in [0.15, 0.2) is 70.7 Å². The second kappa shape index (κ2) is 10.0. The van der Waals surface area contributed by atoms with Crippen LogP contribution in [0.3, 0.4) is 0 Å². The van der Waals surface area contributed by atoms with Crippen molar-refractivity contribution in [3.63, 3.8) is 0 Å². The van der Waals surface area contributed by atoms with Crippen LogP contribution in [-0.2, 0) is 9.59 Å². The highest BCUT2D eigenvalue weighted by atomic mass is 32.2. The fourth-order valence-electron chi connectivity index (χ4n) is 3.12. The molecule has 0 saturated heterocycles. The minimum absolute atomic E-state index is 0.110. The fourth-order valence-corrected chi connectivity index (χ4v) is 4.64. The number of aryl methyl sites for hydroxylation is 1. The highest BCUT2D eigenvalue weighted by Crippen LogP contribution is 2.29. The summed E-state index contributed by atoms with van der Waals surface area (Å²) in [6.07, 6.45) is 1.77. The van der Waals surface area contributed by atoms with Crippen LogP contribution in [0.1, 0.15) is 11.3 Å². The second-order valence-electron chi connectivity index (χ2n) is 7.52. The summed E-state index contributed by atoms with van der Waals surface area (Å²) in [5.74, 6) is -0.315. The van der Waals surface area contributed by atoms with Crippen LogP contribution < -0.4 is 15.1 Å². The smallest absolute Gasteiger partial charge is 0.283 e. The third-order valence-electron chi connectivity index (χ3n) is 4.75. The maximum absolute atomic E-state index is 13.2. The number of hydrogen-bond donors (Lipinski definition) is 1. The van der Waals surface area contributed by atoms with Gasteiger partial charge in [0.05, 0.1) is 17.1 Å². The van der Waals surface area contributed by atoms with E-state index in [0.29, 0.717) is 21.7 Å². The quantitative estimate of drug-likeness (QED) is 0.524. The minimum Gasteiger partial charge on any atom is -0.378 e. The van der Waals surface area contributed by atoms with Gasteiger partial charge in [0.25, 0.3) is 5.91 Å². The number of anilines is 3. The molecule has 0 bridgehead atoms. The Hall–Kier alpha value is -3.43. The maximum Gasteiger partial charge on any atom is 0.283 e. The molecule has 168 valence electrons. The first kappa shape index (κ1) is 22.8. The highest BCUT2D eigenvalue weighted by molar-refractivity contribution is 8.14. The van der Waals surface area contributed by atoms with Gasteiger partial charge < -0.3 is 10.2 Å². The molecular formula is C24H23N5O2S2. The summed E-state index contributed by atoms with van der Waals surface area (Å²) in [4.78, 5) is 38.1. The molecule has 3 aromatic rings. The number of hydrogen-bond acceptors (Lipinski definition) is 7. The summed E-state index contributed by atoms with van der Waals surface area (Å²) in [6, 6.07) is 17.2. The molecule has 2 aromatic carbocycles. The van der Waals surface area contributed by atoms with Gasteiger partial charge in [-0.2, -0.15) is 0 Å². The lowest BCUT2D eigenvalue weighted by molar-refractivity contribution is -0.114. The van der Waals surface area contributed by atoms with Gasteiger partial charge in [0.15, 0.2) is 10.3 Å². The van der Waals surface area contributed by atoms with Crippen molar-refractivity contribution in [2.75, 3.05) is 35.0 Å².